The maximum Gasteiger partial charge on any atom is 0.191 e. The molecule has 0 aliphatic heterocycles. The first kappa shape index (κ1) is 17.4. The van der Waals surface area contributed by atoms with Crippen molar-refractivity contribution >= 4 is 28.2 Å². The van der Waals surface area contributed by atoms with Crippen molar-refractivity contribution in [3.8, 4) is 0 Å². The number of benzene rings is 1. The Labute approximate surface area is 150 Å². The monoisotopic (exact) mass is 359 g/mol. The molecule has 0 unspecified atom stereocenters. The molecule has 0 atom stereocenters. The van der Waals surface area contributed by atoms with Crippen molar-refractivity contribution < 1.29 is 4.39 Å². The molecule has 0 aliphatic carbocycles. The molecule has 3 N–H and O–H groups in total. The number of nitrogens with one attached hydrogen (secondary N) is 3. The Hall–Kier alpha value is -2.41. The van der Waals surface area contributed by atoms with Crippen LogP contribution < -0.4 is 10.6 Å². The molecule has 0 spiro atoms. The minimum atomic E-state index is -0.223. The lowest BCUT2D eigenvalue weighted by Crippen LogP contribution is -2.39. The summed E-state index contributed by atoms with van der Waals surface area (Å²) in [5.74, 6) is 0.554. The van der Waals surface area contributed by atoms with Crippen LogP contribution in [0.3, 0.4) is 0 Å². The molecule has 132 valence electrons. The Morgan fingerprint density at radius 2 is 2.08 bits per heavy atom. The summed E-state index contributed by atoms with van der Waals surface area (Å²) < 4.78 is 13.2. The van der Waals surface area contributed by atoms with Crippen molar-refractivity contribution in [2.75, 3.05) is 20.1 Å². The molecule has 0 saturated heterocycles. The molecular weight excluding hydrogens is 337 g/mol. The first-order valence-corrected chi connectivity index (χ1v) is 9.08. The van der Waals surface area contributed by atoms with Gasteiger partial charge in [0, 0.05) is 54.7 Å². The highest BCUT2D eigenvalue weighted by Gasteiger charge is 2.05. The third kappa shape index (κ3) is 4.57. The van der Waals surface area contributed by atoms with Crippen molar-refractivity contribution in [1.82, 2.24) is 20.6 Å². The van der Waals surface area contributed by atoms with E-state index < -0.39 is 0 Å². The molecule has 0 aliphatic rings. The number of nitrogens with zero attached hydrogens (tertiary/aromatic N) is 2. The van der Waals surface area contributed by atoms with Gasteiger partial charge in [0.1, 0.15) is 5.82 Å². The van der Waals surface area contributed by atoms with E-state index in [1.54, 1.807) is 18.4 Å². The van der Waals surface area contributed by atoms with E-state index in [0.29, 0.717) is 0 Å². The van der Waals surface area contributed by atoms with E-state index in [2.05, 4.69) is 32.5 Å². The Balaban J connectivity index is 1.46. The number of hydrogen-bond acceptors (Lipinski definition) is 3. The number of aryl methyl sites for hydroxylation is 1. The lowest BCUT2D eigenvalue weighted by atomic mass is 10.1. The van der Waals surface area contributed by atoms with Gasteiger partial charge in [0.25, 0.3) is 0 Å². The van der Waals surface area contributed by atoms with Gasteiger partial charge in [-0.25, -0.2) is 9.37 Å². The average Bonchev–Trinajstić information content (AvgIpc) is 3.19. The van der Waals surface area contributed by atoms with Gasteiger partial charge >= 0.3 is 0 Å². The normalized spacial score (nSPS) is 11.9. The summed E-state index contributed by atoms with van der Waals surface area (Å²) in [6.45, 7) is 3.60. The minimum Gasteiger partial charge on any atom is -0.361 e. The fourth-order valence-electron chi connectivity index (χ4n) is 2.71. The molecule has 2 heterocycles. The Morgan fingerprint density at radius 3 is 2.80 bits per heavy atom. The van der Waals surface area contributed by atoms with Gasteiger partial charge in [-0.1, -0.05) is 0 Å². The Bertz CT molecular complexity index is 867. The number of aromatic nitrogens is 2. The molecule has 0 radical (unpaired) electrons. The standard InChI is InChI=1S/C18H22FN5S/c1-12-10-24-17(25-12)6-8-22-18(20-2)21-7-5-13-11-23-16-9-14(19)3-4-15(13)16/h3-4,9-11,23H,5-8H2,1-2H3,(H2,20,21,22). The quantitative estimate of drug-likeness (QED) is 0.468. The number of aromatic amines is 1. The predicted molar refractivity (Wildman–Crippen MR) is 102 cm³/mol. The van der Waals surface area contributed by atoms with Crippen LogP contribution in [0.5, 0.6) is 0 Å². The van der Waals surface area contributed by atoms with Crippen LogP contribution in [0, 0.1) is 12.7 Å². The van der Waals surface area contributed by atoms with Gasteiger partial charge in [-0.15, -0.1) is 11.3 Å². The zero-order valence-electron chi connectivity index (χ0n) is 14.4. The van der Waals surface area contributed by atoms with Crippen molar-refractivity contribution in [2.45, 2.75) is 19.8 Å². The highest BCUT2D eigenvalue weighted by Crippen LogP contribution is 2.19. The number of thiazole rings is 1. The Morgan fingerprint density at radius 1 is 1.28 bits per heavy atom. The fraction of sp³-hybridized carbons (Fsp3) is 0.333. The van der Waals surface area contributed by atoms with Crippen LogP contribution in [0.2, 0.25) is 0 Å². The number of rotatable bonds is 6. The van der Waals surface area contributed by atoms with Gasteiger partial charge in [-0.2, -0.15) is 0 Å². The van der Waals surface area contributed by atoms with E-state index in [9.17, 15) is 4.39 Å². The summed E-state index contributed by atoms with van der Waals surface area (Å²) in [5.41, 5.74) is 1.99. The highest BCUT2D eigenvalue weighted by atomic mass is 32.1. The van der Waals surface area contributed by atoms with Crippen LogP contribution in [0.15, 0.2) is 35.6 Å². The van der Waals surface area contributed by atoms with E-state index in [1.807, 2.05) is 18.5 Å². The molecule has 2 aromatic heterocycles. The summed E-state index contributed by atoms with van der Waals surface area (Å²) in [5, 5.41) is 8.80. The zero-order valence-corrected chi connectivity index (χ0v) is 15.2. The molecule has 5 nitrogen and oxygen atoms in total. The lowest BCUT2D eigenvalue weighted by molar-refractivity contribution is 0.629. The molecule has 3 rings (SSSR count). The maximum absolute atomic E-state index is 13.2. The molecular formula is C18H22FN5S. The number of H-pyrrole nitrogens is 1. The van der Waals surface area contributed by atoms with Crippen LogP contribution in [0.25, 0.3) is 10.9 Å². The van der Waals surface area contributed by atoms with Crippen LogP contribution >= 0.6 is 11.3 Å². The molecule has 0 saturated carbocycles. The molecule has 1 aromatic carbocycles. The van der Waals surface area contributed by atoms with Crippen LogP contribution in [-0.2, 0) is 12.8 Å². The molecule has 25 heavy (non-hydrogen) atoms. The second kappa shape index (κ2) is 8.11. The molecule has 0 bridgehead atoms. The maximum atomic E-state index is 13.2. The molecule has 0 amide bonds. The number of guanidine groups is 1. The summed E-state index contributed by atoms with van der Waals surface area (Å²) in [6, 6.07) is 4.83. The summed E-state index contributed by atoms with van der Waals surface area (Å²) in [6.07, 6.45) is 5.55. The van der Waals surface area contributed by atoms with Gasteiger partial charge in [0.2, 0.25) is 0 Å². The first-order chi connectivity index (χ1) is 12.2. The summed E-state index contributed by atoms with van der Waals surface area (Å²) >= 11 is 1.72. The van der Waals surface area contributed by atoms with Gasteiger partial charge in [0.05, 0.1) is 5.01 Å². The number of fused-ring (bicyclic) bond motifs is 1. The fourth-order valence-corrected chi connectivity index (χ4v) is 3.49. The van der Waals surface area contributed by atoms with Gasteiger partial charge in [-0.3, -0.25) is 4.99 Å². The smallest absolute Gasteiger partial charge is 0.191 e. The average molecular weight is 359 g/mol. The third-order valence-corrected chi connectivity index (χ3v) is 4.91. The zero-order chi connectivity index (χ0) is 17.6. The third-order valence-electron chi connectivity index (χ3n) is 3.94. The number of aliphatic imine (C=N–C) groups is 1. The van der Waals surface area contributed by atoms with Crippen LogP contribution in [0.1, 0.15) is 15.4 Å². The van der Waals surface area contributed by atoms with E-state index in [4.69, 9.17) is 0 Å². The van der Waals surface area contributed by atoms with E-state index in [0.717, 1.165) is 53.4 Å². The molecule has 7 heteroatoms. The van der Waals surface area contributed by atoms with E-state index in [1.165, 1.54) is 17.0 Å². The Kier molecular flexibility index (Phi) is 5.65. The van der Waals surface area contributed by atoms with Gasteiger partial charge < -0.3 is 15.6 Å². The van der Waals surface area contributed by atoms with Gasteiger partial charge in [-0.05, 0) is 37.1 Å². The van der Waals surface area contributed by atoms with Crippen molar-refractivity contribution in [3.05, 3.63) is 51.9 Å². The summed E-state index contributed by atoms with van der Waals surface area (Å²) in [7, 11) is 1.76. The number of hydrogen-bond donors (Lipinski definition) is 3. The molecule has 0 fully saturated rings. The van der Waals surface area contributed by atoms with Crippen molar-refractivity contribution in [2.24, 2.45) is 4.99 Å². The van der Waals surface area contributed by atoms with Crippen molar-refractivity contribution in [1.29, 1.82) is 0 Å². The highest BCUT2D eigenvalue weighted by molar-refractivity contribution is 7.11. The van der Waals surface area contributed by atoms with Crippen LogP contribution in [-0.4, -0.2) is 36.1 Å². The SMILES string of the molecule is CN=C(NCCc1ncc(C)s1)NCCc1c[nH]c2cc(F)ccc12. The first-order valence-electron chi connectivity index (χ1n) is 8.27. The topological polar surface area (TPSA) is 65.1 Å². The van der Waals surface area contributed by atoms with Crippen molar-refractivity contribution in [3.63, 3.8) is 0 Å². The summed E-state index contributed by atoms with van der Waals surface area (Å²) in [4.78, 5) is 12.9. The second-order valence-electron chi connectivity index (χ2n) is 5.79. The minimum absolute atomic E-state index is 0.223. The molecule has 3 aromatic rings. The van der Waals surface area contributed by atoms with E-state index in [-0.39, 0.29) is 5.82 Å². The van der Waals surface area contributed by atoms with Crippen LogP contribution in [0.4, 0.5) is 4.39 Å². The predicted octanol–water partition coefficient (Wildman–Crippen LogP) is 3.02. The number of halogens is 1. The lowest BCUT2D eigenvalue weighted by Gasteiger charge is -2.11. The van der Waals surface area contributed by atoms with Gasteiger partial charge in [0.15, 0.2) is 5.96 Å². The van der Waals surface area contributed by atoms with E-state index >= 15 is 0 Å². The largest absolute Gasteiger partial charge is 0.361 e. The second-order valence-corrected chi connectivity index (χ2v) is 7.11.